The first-order valence-electron chi connectivity index (χ1n) is 7.22. The molecule has 3 aromatic heterocycles. The van der Waals surface area contributed by atoms with Gasteiger partial charge in [0.25, 0.3) is 5.78 Å². The van der Waals surface area contributed by atoms with Gasteiger partial charge in [-0.3, -0.25) is 4.98 Å². The first-order chi connectivity index (χ1) is 10.7. The third kappa shape index (κ3) is 2.67. The maximum Gasteiger partial charge on any atom is 0.254 e. The van der Waals surface area contributed by atoms with Crippen LogP contribution < -0.4 is 5.32 Å². The van der Waals surface area contributed by atoms with E-state index in [4.69, 9.17) is 0 Å². The van der Waals surface area contributed by atoms with E-state index in [2.05, 4.69) is 45.8 Å². The Hall–Kier alpha value is -2.76. The highest BCUT2D eigenvalue weighted by Gasteiger charge is 2.13. The van der Waals surface area contributed by atoms with E-state index < -0.39 is 0 Å². The van der Waals surface area contributed by atoms with E-state index in [0.29, 0.717) is 24.1 Å². The molecule has 3 heterocycles. The molecule has 0 spiro atoms. The van der Waals surface area contributed by atoms with Crippen molar-refractivity contribution in [3.05, 3.63) is 48.9 Å². The Morgan fingerprint density at radius 3 is 2.91 bits per heavy atom. The number of aromatic nitrogens is 5. The Balaban J connectivity index is 2.14. The van der Waals surface area contributed by atoms with Crippen molar-refractivity contribution in [1.82, 2.24) is 24.6 Å². The van der Waals surface area contributed by atoms with Gasteiger partial charge in [0.2, 0.25) is 0 Å². The number of hydrogen-bond donors (Lipinski definition) is 1. The minimum Gasteiger partial charge on any atom is -0.366 e. The first kappa shape index (κ1) is 14.2. The highest BCUT2D eigenvalue weighted by atomic mass is 15.4. The SMILES string of the molecule is C=CCNc1cc(C(C)C)nc2nc(-c3cccnc3)nn12. The van der Waals surface area contributed by atoms with Crippen LogP contribution in [0.15, 0.2) is 43.2 Å². The maximum atomic E-state index is 4.59. The van der Waals surface area contributed by atoms with Crippen LogP contribution in [0, 0.1) is 0 Å². The van der Waals surface area contributed by atoms with Crippen LogP contribution in [0.1, 0.15) is 25.5 Å². The summed E-state index contributed by atoms with van der Waals surface area (Å²) < 4.78 is 1.72. The fourth-order valence-corrected chi connectivity index (χ4v) is 2.10. The largest absolute Gasteiger partial charge is 0.366 e. The summed E-state index contributed by atoms with van der Waals surface area (Å²) in [5.41, 5.74) is 1.85. The van der Waals surface area contributed by atoms with Crippen molar-refractivity contribution in [2.45, 2.75) is 19.8 Å². The predicted molar refractivity (Wildman–Crippen MR) is 86.8 cm³/mol. The van der Waals surface area contributed by atoms with Crippen LogP contribution >= 0.6 is 0 Å². The summed E-state index contributed by atoms with van der Waals surface area (Å²) in [7, 11) is 0. The molecule has 0 atom stereocenters. The molecule has 22 heavy (non-hydrogen) atoms. The van der Waals surface area contributed by atoms with Crippen LogP contribution in [0.4, 0.5) is 5.82 Å². The van der Waals surface area contributed by atoms with E-state index in [0.717, 1.165) is 17.1 Å². The molecule has 1 N–H and O–H groups in total. The number of nitrogens with zero attached hydrogens (tertiary/aromatic N) is 5. The number of hydrogen-bond acceptors (Lipinski definition) is 5. The third-order valence-corrected chi connectivity index (χ3v) is 3.27. The molecule has 6 nitrogen and oxygen atoms in total. The van der Waals surface area contributed by atoms with Crippen molar-refractivity contribution >= 4 is 11.6 Å². The van der Waals surface area contributed by atoms with Crippen molar-refractivity contribution in [1.29, 1.82) is 0 Å². The first-order valence-corrected chi connectivity index (χ1v) is 7.22. The zero-order valence-electron chi connectivity index (χ0n) is 12.7. The summed E-state index contributed by atoms with van der Waals surface area (Å²) in [5.74, 6) is 2.36. The Labute approximate surface area is 129 Å². The number of anilines is 1. The lowest BCUT2D eigenvalue weighted by Crippen LogP contribution is -2.08. The van der Waals surface area contributed by atoms with E-state index in [1.807, 2.05) is 18.2 Å². The van der Waals surface area contributed by atoms with Crippen LogP contribution in [0.5, 0.6) is 0 Å². The molecule has 0 saturated carbocycles. The van der Waals surface area contributed by atoms with Gasteiger partial charge in [0.15, 0.2) is 5.82 Å². The minimum atomic E-state index is 0.313. The molecule has 0 amide bonds. The second-order valence-corrected chi connectivity index (χ2v) is 5.28. The van der Waals surface area contributed by atoms with E-state index in [-0.39, 0.29) is 0 Å². The van der Waals surface area contributed by atoms with Gasteiger partial charge in [-0.15, -0.1) is 11.7 Å². The van der Waals surface area contributed by atoms with Crippen LogP contribution in [-0.2, 0) is 0 Å². The monoisotopic (exact) mass is 294 g/mol. The van der Waals surface area contributed by atoms with Crippen molar-refractivity contribution < 1.29 is 0 Å². The van der Waals surface area contributed by atoms with Crippen molar-refractivity contribution in [2.24, 2.45) is 0 Å². The maximum absolute atomic E-state index is 4.59. The van der Waals surface area contributed by atoms with Gasteiger partial charge in [-0.1, -0.05) is 19.9 Å². The second kappa shape index (κ2) is 5.93. The quantitative estimate of drug-likeness (QED) is 0.733. The molecular formula is C16H18N6. The predicted octanol–water partition coefficient (Wildman–Crippen LogP) is 2.91. The number of pyridine rings is 1. The van der Waals surface area contributed by atoms with Gasteiger partial charge in [-0.25, -0.2) is 4.98 Å². The molecule has 0 aliphatic heterocycles. The van der Waals surface area contributed by atoms with E-state index in [1.54, 1.807) is 23.0 Å². The minimum absolute atomic E-state index is 0.313. The molecule has 0 aromatic carbocycles. The Kier molecular flexibility index (Phi) is 3.82. The molecule has 0 aliphatic rings. The average molecular weight is 294 g/mol. The highest BCUT2D eigenvalue weighted by molar-refractivity contribution is 5.57. The summed E-state index contributed by atoms with van der Waals surface area (Å²) in [5, 5.41) is 7.83. The molecule has 112 valence electrons. The number of nitrogens with one attached hydrogen (secondary N) is 1. The third-order valence-electron chi connectivity index (χ3n) is 3.27. The molecule has 0 radical (unpaired) electrons. The molecule has 0 unspecified atom stereocenters. The fraction of sp³-hybridized carbons (Fsp3) is 0.250. The van der Waals surface area contributed by atoms with E-state index in [1.165, 1.54) is 0 Å². The lowest BCUT2D eigenvalue weighted by molar-refractivity contribution is 0.808. The van der Waals surface area contributed by atoms with Gasteiger partial charge < -0.3 is 5.32 Å². The van der Waals surface area contributed by atoms with Crippen LogP contribution in [0.25, 0.3) is 17.2 Å². The second-order valence-electron chi connectivity index (χ2n) is 5.28. The van der Waals surface area contributed by atoms with Gasteiger partial charge in [0.05, 0.1) is 5.69 Å². The molecule has 6 heteroatoms. The lowest BCUT2D eigenvalue weighted by atomic mass is 10.1. The summed E-state index contributed by atoms with van der Waals surface area (Å²) in [6.45, 7) is 8.60. The summed E-state index contributed by atoms with van der Waals surface area (Å²) in [4.78, 5) is 13.2. The molecule has 3 aromatic rings. The Morgan fingerprint density at radius 1 is 1.36 bits per heavy atom. The van der Waals surface area contributed by atoms with Crippen LogP contribution in [0.2, 0.25) is 0 Å². The standard InChI is InChI=1S/C16H18N6/c1-4-7-18-14-9-13(11(2)3)19-16-20-15(21-22(14)16)12-6-5-8-17-10-12/h4-6,8-11,18H,1,7H2,2-3H3. The zero-order valence-corrected chi connectivity index (χ0v) is 12.7. The molecule has 3 rings (SSSR count). The van der Waals surface area contributed by atoms with Crippen LogP contribution in [-0.4, -0.2) is 31.1 Å². The summed E-state index contributed by atoms with van der Waals surface area (Å²) in [6.07, 6.45) is 5.28. The number of fused-ring (bicyclic) bond motifs is 1. The van der Waals surface area contributed by atoms with Gasteiger partial charge in [-0.05, 0) is 18.1 Å². The van der Waals surface area contributed by atoms with Crippen molar-refractivity contribution in [2.75, 3.05) is 11.9 Å². The lowest BCUT2D eigenvalue weighted by Gasteiger charge is -2.09. The molecular weight excluding hydrogens is 276 g/mol. The fourth-order valence-electron chi connectivity index (χ4n) is 2.10. The summed E-state index contributed by atoms with van der Waals surface area (Å²) >= 11 is 0. The number of rotatable bonds is 5. The Bertz CT molecular complexity index is 791. The highest BCUT2D eigenvalue weighted by Crippen LogP contribution is 2.21. The Morgan fingerprint density at radius 2 is 2.23 bits per heavy atom. The van der Waals surface area contributed by atoms with E-state index in [9.17, 15) is 0 Å². The van der Waals surface area contributed by atoms with Crippen LogP contribution in [0.3, 0.4) is 0 Å². The summed E-state index contributed by atoms with van der Waals surface area (Å²) in [6, 6.07) is 5.80. The van der Waals surface area contributed by atoms with Crippen molar-refractivity contribution in [3.63, 3.8) is 0 Å². The molecule has 0 bridgehead atoms. The molecule has 0 aliphatic carbocycles. The van der Waals surface area contributed by atoms with E-state index >= 15 is 0 Å². The smallest absolute Gasteiger partial charge is 0.254 e. The normalized spacial score (nSPS) is 11.0. The topological polar surface area (TPSA) is 68.0 Å². The molecule has 0 saturated heterocycles. The van der Waals surface area contributed by atoms with Gasteiger partial charge in [0, 0.05) is 30.6 Å². The average Bonchev–Trinajstić information content (AvgIpc) is 2.97. The molecule has 0 fully saturated rings. The van der Waals surface area contributed by atoms with Crippen molar-refractivity contribution in [3.8, 4) is 11.4 Å². The van der Waals surface area contributed by atoms with Gasteiger partial charge >= 0.3 is 0 Å². The van der Waals surface area contributed by atoms with Gasteiger partial charge in [-0.2, -0.15) is 9.50 Å². The van der Waals surface area contributed by atoms with Gasteiger partial charge in [0.1, 0.15) is 5.82 Å². The zero-order chi connectivity index (χ0) is 15.5.